The van der Waals surface area contributed by atoms with Crippen molar-refractivity contribution in [2.75, 3.05) is 31.6 Å². The molecule has 104 valence electrons. The Hall–Kier alpha value is -1.89. The molecule has 2 heterocycles. The van der Waals surface area contributed by atoms with Crippen LogP contribution in [0.3, 0.4) is 0 Å². The summed E-state index contributed by atoms with van der Waals surface area (Å²) in [4.78, 5) is 32.5. The van der Waals surface area contributed by atoms with Crippen molar-refractivity contribution in [3.05, 3.63) is 22.2 Å². The topological polar surface area (TPSA) is 90.1 Å². The summed E-state index contributed by atoms with van der Waals surface area (Å²) in [6, 6.07) is 1.11. The van der Waals surface area contributed by atoms with E-state index in [4.69, 9.17) is 0 Å². The fourth-order valence-corrected chi connectivity index (χ4v) is 2.19. The van der Waals surface area contributed by atoms with Crippen LogP contribution in [-0.4, -0.2) is 48.6 Å². The van der Waals surface area contributed by atoms with Crippen molar-refractivity contribution in [2.45, 2.75) is 19.4 Å². The Morgan fingerprint density at radius 1 is 1.63 bits per heavy atom. The second-order valence-corrected chi connectivity index (χ2v) is 4.43. The summed E-state index contributed by atoms with van der Waals surface area (Å²) < 4.78 is 0. The first-order valence-corrected chi connectivity index (χ1v) is 6.45. The number of aryl methyl sites for hydroxylation is 1. The van der Waals surface area contributed by atoms with Gasteiger partial charge in [0, 0.05) is 39.2 Å². The molecule has 3 N–H and O–H groups in total. The first kappa shape index (κ1) is 13.5. The molecule has 0 aliphatic carbocycles. The minimum absolute atomic E-state index is 0.0765. The zero-order valence-electron chi connectivity index (χ0n) is 11.2. The third-order valence-electron chi connectivity index (χ3n) is 3.20. The SMILES string of the molecule is CCc1nc(N2CCNCC2C(=O)NC)cc(=O)[nH]1. The van der Waals surface area contributed by atoms with Crippen LogP contribution in [-0.2, 0) is 11.2 Å². The van der Waals surface area contributed by atoms with Crippen molar-refractivity contribution < 1.29 is 4.79 Å². The number of H-pyrrole nitrogens is 1. The molecule has 1 amide bonds. The number of carbonyl (C=O) groups is 1. The number of hydrogen-bond donors (Lipinski definition) is 3. The highest BCUT2D eigenvalue weighted by atomic mass is 16.2. The lowest BCUT2D eigenvalue weighted by atomic mass is 10.1. The first-order valence-electron chi connectivity index (χ1n) is 6.45. The molecule has 1 saturated heterocycles. The van der Waals surface area contributed by atoms with Crippen LogP contribution in [0, 0.1) is 0 Å². The number of piperazine rings is 1. The van der Waals surface area contributed by atoms with Gasteiger partial charge in [-0.3, -0.25) is 9.59 Å². The molecule has 0 radical (unpaired) electrons. The van der Waals surface area contributed by atoms with Crippen LogP contribution in [0.5, 0.6) is 0 Å². The van der Waals surface area contributed by atoms with Crippen molar-refractivity contribution in [3.63, 3.8) is 0 Å². The Bertz CT molecular complexity index is 513. The van der Waals surface area contributed by atoms with E-state index >= 15 is 0 Å². The van der Waals surface area contributed by atoms with Gasteiger partial charge in [0.05, 0.1) is 0 Å². The summed E-state index contributed by atoms with van der Waals surface area (Å²) in [5.74, 6) is 1.12. The van der Waals surface area contributed by atoms with Gasteiger partial charge >= 0.3 is 0 Å². The zero-order valence-corrected chi connectivity index (χ0v) is 11.2. The quantitative estimate of drug-likeness (QED) is 0.642. The number of rotatable bonds is 3. The number of aromatic amines is 1. The lowest BCUT2D eigenvalue weighted by molar-refractivity contribution is -0.122. The fourth-order valence-electron chi connectivity index (χ4n) is 2.19. The number of hydrogen-bond acceptors (Lipinski definition) is 5. The maximum Gasteiger partial charge on any atom is 0.252 e. The van der Waals surface area contributed by atoms with E-state index in [0.717, 1.165) is 6.54 Å². The van der Waals surface area contributed by atoms with Crippen molar-refractivity contribution in [2.24, 2.45) is 0 Å². The molecule has 2 rings (SSSR count). The van der Waals surface area contributed by atoms with Gasteiger partial charge in [0.1, 0.15) is 17.7 Å². The zero-order chi connectivity index (χ0) is 13.8. The molecule has 0 spiro atoms. The average molecular weight is 265 g/mol. The van der Waals surface area contributed by atoms with Gasteiger partial charge in [-0.1, -0.05) is 6.92 Å². The second kappa shape index (κ2) is 5.83. The van der Waals surface area contributed by atoms with Crippen LogP contribution < -0.4 is 21.1 Å². The van der Waals surface area contributed by atoms with Gasteiger partial charge in [-0.05, 0) is 0 Å². The Morgan fingerprint density at radius 2 is 2.42 bits per heavy atom. The first-order chi connectivity index (χ1) is 9.15. The number of likely N-dealkylation sites (N-methyl/N-ethyl adjacent to an activating group) is 1. The number of nitrogens with zero attached hydrogens (tertiary/aromatic N) is 2. The van der Waals surface area contributed by atoms with E-state index in [0.29, 0.717) is 31.2 Å². The van der Waals surface area contributed by atoms with E-state index in [2.05, 4.69) is 20.6 Å². The van der Waals surface area contributed by atoms with Crippen LogP contribution in [0.1, 0.15) is 12.7 Å². The summed E-state index contributed by atoms with van der Waals surface area (Å²) >= 11 is 0. The lowest BCUT2D eigenvalue weighted by Gasteiger charge is -2.35. The number of anilines is 1. The van der Waals surface area contributed by atoms with E-state index < -0.39 is 0 Å². The monoisotopic (exact) mass is 265 g/mol. The van der Waals surface area contributed by atoms with Gasteiger partial charge < -0.3 is 20.5 Å². The molecule has 1 aromatic heterocycles. The molecule has 1 aliphatic heterocycles. The van der Waals surface area contributed by atoms with Crippen LogP contribution >= 0.6 is 0 Å². The number of aromatic nitrogens is 2. The summed E-state index contributed by atoms with van der Waals surface area (Å²) in [5, 5.41) is 5.82. The van der Waals surface area contributed by atoms with Gasteiger partial charge in [0.15, 0.2) is 0 Å². The minimum atomic E-state index is -0.335. The summed E-state index contributed by atoms with van der Waals surface area (Å²) in [5.41, 5.74) is -0.184. The third kappa shape index (κ3) is 2.93. The van der Waals surface area contributed by atoms with E-state index in [1.54, 1.807) is 7.05 Å². The molecule has 7 nitrogen and oxygen atoms in total. The van der Waals surface area contributed by atoms with Crippen molar-refractivity contribution in [1.82, 2.24) is 20.6 Å². The Balaban J connectivity index is 2.34. The third-order valence-corrected chi connectivity index (χ3v) is 3.20. The largest absolute Gasteiger partial charge is 0.357 e. The smallest absolute Gasteiger partial charge is 0.252 e. The second-order valence-electron chi connectivity index (χ2n) is 4.43. The highest BCUT2D eigenvalue weighted by molar-refractivity contribution is 5.85. The lowest BCUT2D eigenvalue weighted by Crippen LogP contribution is -2.58. The maximum absolute atomic E-state index is 11.9. The van der Waals surface area contributed by atoms with E-state index in [1.807, 2.05) is 11.8 Å². The van der Waals surface area contributed by atoms with Crippen molar-refractivity contribution in [3.8, 4) is 0 Å². The summed E-state index contributed by atoms with van der Waals surface area (Å²) in [6.45, 7) is 3.90. The predicted molar refractivity (Wildman–Crippen MR) is 72.3 cm³/mol. The minimum Gasteiger partial charge on any atom is -0.357 e. The molecule has 0 bridgehead atoms. The van der Waals surface area contributed by atoms with Gasteiger partial charge in [-0.2, -0.15) is 0 Å². The molecular formula is C12H19N5O2. The highest BCUT2D eigenvalue weighted by Crippen LogP contribution is 2.14. The Labute approximate surface area is 111 Å². The molecule has 1 aromatic rings. The van der Waals surface area contributed by atoms with Crippen molar-refractivity contribution in [1.29, 1.82) is 0 Å². The normalized spacial score (nSPS) is 19.3. The van der Waals surface area contributed by atoms with E-state index in [1.165, 1.54) is 6.07 Å². The van der Waals surface area contributed by atoms with Crippen LogP contribution in [0.25, 0.3) is 0 Å². The van der Waals surface area contributed by atoms with Crippen LogP contribution in [0.15, 0.2) is 10.9 Å². The van der Waals surface area contributed by atoms with Crippen LogP contribution in [0.2, 0.25) is 0 Å². The van der Waals surface area contributed by atoms with Crippen molar-refractivity contribution >= 4 is 11.7 Å². The number of amides is 1. The molecule has 1 aliphatic rings. The Kier molecular flexibility index (Phi) is 4.16. The maximum atomic E-state index is 11.9. The number of carbonyl (C=O) groups excluding carboxylic acids is 1. The summed E-state index contributed by atoms with van der Waals surface area (Å²) in [7, 11) is 1.61. The molecule has 1 fully saturated rings. The average Bonchev–Trinajstić information content (AvgIpc) is 2.45. The standard InChI is InChI=1S/C12H19N5O2/c1-3-9-15-10(6-11(18)16-9)17-5-4-14-7-8(17)12(19)13-2/h6,8,14H,3-5,7H2,1-2H3,(H,13,19)(H,15,16,18). The predicted octanol–water partition coefficient (Wildman–Crippen LogP) is -1.14. The fraction of sp³-hybridized carbons (Fsp3) is 0.583. The molecule has 1 atom stereocenters. The summed E-state index contributed by atoms with van der Waals surface area (Å²) in [6.07, 6.45) is 0.653. The van der Waals surface area contributed by atoms with Gasteiger partial charge in [-0.25, -0.2) is 4.98 Å². The molecule has 1 unspecified atom stereocenters. The van der Waals surface area contributed by atoms with Gasteiger partial charge in [0.2, 0.25) is 5.91 Å². The molecular weight excluding hydrogens is 246 g/mol. The molecule has 7 heteroatoms. The molecule has 0 aromatic carbocycles. The highest BCUT2D eigenvalue weighted by Gasteiger charge is 2.29. The van der Waals surface area contributed by atoms with Gasteiger partial charge in [0.25, 0.3) is 5.56 Å². The van der Waals surface area contributed by atoms with Gasteiger partial charge in [-0.15, -0.1) is 0 Å². The Morgan fingerprint density at radius 3 is 3.11 bits per heavy atom. The van der Waals surface area contributed by atoms with E-state index in [-0.39, 0.29) is 17.5 Å². The van der Waals surface area contributed by atoms with Crippen LogP contribution in [0.4, 0.5) is 5.82 Å². The molecule has 0 saturated carbocycles. The number of nitrogens with one attached hydrogen (secondary N) is 3. The molecule has 19 heavy (non-hydrogen) atoms. The van der Waals surface area contributed by atoms with E-state index in [9.17, 15) is 9.59 Å².